The standard InChI is InChI=1S/C24H25ClN4O3/c1-27-22-18(28-13-11-16(12-14-28)15-5-7-17(25)8-6-15)3-2-4-19(22)29(24(27)32)20-9-10-21(30)26-23(20)31/h2-8,16,20H,9-14H2,1H3,(H,26,30,31). The smallest absolute Gasteiger partial charge is 0.329 e. The van der Waals surface area contributed by atoms with Crippen molar-refractivity contribution in [1.29, 1.82) is 0 Å². The Hall–Kier alpha value is -3.06. The van der Waals surface area contributed by atoms with Crippen LogP contribution in [0.4, 0.5) is 5.69 Å². The molecule has 32 heavy (non-hydrogen) atoms. The molecule has 0 spiro atoms. The number of imide groups is 1. The number of anilines is 1. The largest absolute Gasteiger partial charge is 0.370 e. The fourth-order valence-corrected chi connectivity index (χ4v) is 5.22. The highest BCUT2D eigenvalue weighted by Gasteiger charge is 2.32. The van der Waals surface area contributed by atoms with Crippen molar-refractivity contribution in [3.63, 3.8) is 0 Å². The lowest BCUT2D eigenvalue weighted by Crippen LogP contribution is -2.44. The summed E-state index contributed by atoms with van der Waals surface area (Å²) in [7, 11) is 1.75. The van der Waals surface area contributed by atoms with Crippen LogP contribution in [0.15, 0.2) is 47.3 Å². The summed E-state index contributed by atoms with van der Waals surface area (Å²) in [5.74, 6) is -0.214. The zero-order valence-electron chi connectivity index (χ0n) is 17.9. The molecular formula is C24H25ClN4O3. The molecule has 3 aromatic rings. The number of aromatic nitrogens is 2. The van der Waals surface area contributed by atoms with Gasteiger partial charge in [0, 0.05) is 31.6 Å². The number of fused-ring (bicyclic) bond motifs is 1. The number of halogens is 1. The lowest BCUT2D eigenvalue weighted by atomic mass is 9.89. The van der Waals surface area contributed by atoms with E-state index in [1.807, 2.05) is 30.3 Å². The van der Waals surface area contributed by atoms with Crippen LogP contribution in [0.25, 0.3) is 11.0 Å². The van der Waals surface area contributed by atoms with Gasteiger partial charge in [-0.15, -0.1) is 0 Å². The van der Waals surface area contributed by atoms with E-state index in [1.54, 1.807) is 16.2 Å². The van der Waals surface area contributed by atoms with Crippen LogP contribution in [-0.4, -0.2) is 34.0 Å². The number of rotatable bonds is 3. The van der Waals surface area contributed by atoms with E-state index in [1.165, 1.54) is 5.56 Å². The van der Waals surface area contributed by atoms with Crippen LogP contribution in [0.2, 0.25) is 5.02 Å². The first-order chi connectivity index (χ1) is 15.4. The minimum absolute atomic E-state index is 0.233. The van der Waals surface area contributed by atoms with Crippen molar-refractivity contribution in [3.05, 3.63) is 63.5 Å². The fraction of sp³-hybridized carbons (Fsp3) is 0.375. The normalized spacial score (nSPS) is 20.1. The molecule has 166 valence electrons. The molecule has 2 aliphatic rings. The van der Waals surface area contributed by atoms with E-state index in [9.17, 15) is 14.4 Å². The number of para-hydroxylation sites is 1. The van der Waals surface area contributed by atoms with Crippen LogP contribution in [0, 0.1) is 0 Å². The lowest BCUT2D eigenvalue weighted by molar-refractivity contribution is -0.135. The summed E-state index contributed by atoms with van der Waals surface area (Å²) in [6, 6.07) is 13.3. The molecule has 3 heterocycles. The third kappa shape index (κ3) is 3.50. The number of hydrogen-bond donors (Lipinski definition) is 1. The average molecular weight is 453 g/mol. The Bertz CT molecular complexity index is 1250. The molecule has 5 rings (SSSR count). The number of nitrogens with one attached hydrogen (secondary N) is 1. The van der Waals surface area contributed by atoms with Gasteiger partial charge in [0.2, 0.25) is 11.8 Å². The molecule has 1 aromatic heterocycles. The maximum Gasteiger partial charge on any atom is 0.329 e. The van der Waals surface area contributed by atoms with Gasteiger partial charge in [-0.2, -0.15) is 0 Å². The van der Waals surface area contributed by atoms with Crippen molar-refractivity contribution in [2.75, 3.05) is 18.0 Å². The molecule has 0 bridgehead atoms. The molecule has 2 aromatic carbocycles. The highest BCUT2D eigenvalue weighted by molar-refractivity contribution is 6.30. The summed E-state index contributed by atoms with van der Waals surface area (Å²) < 4.78 is 3.17. The van der Waals surface area contributed by atoms with Gasteiger partial charge in [-0.1, -0.05) is 29.8 Å². The molecular weight excluding hydrogens is 428 g/mol. The predicted molar refractivity (Wildman–Crippen MR) is 124 cm³/mol. The van der Waals surface area contributed by atoms with Gasteiger partial charge in [0.05, 0.1) is 16.7 Å². The minimum atomic E-state index is -0.671. The van der Waals surface area contributed by atoms with Gasteiger partial charge in [-0.05, 0) is 55.0 Å². The van der Waals surface area contributed by atoms with Crippen LogP contribution in [0.1, 0.15) is 43.2 Å². The number of hydrogen-bond acceptors (Lipinski definition) is 4. The number of nitrogens with zero attached hydrogens (tertiary/aromatic N) is 3. The first kappa shape index (κ1) is 20.8. The SMILES string of the molecule is Cn1c(=O)n(C2CCC(=O)NC2=O)c2cccc(N3CCC(c4ccc(Cl)cc4)CC3)c21. The monoisotopic (exact) mass is 452 g/mol. The summed E-state index contributed by atoms with van der Waals surface area (Å²) in [5.41, 5.74) is 3.63. The van der Waals surface area contributed by atoms with Crippen LogP contribution in [-0.2, 0) is 16.6 Å². The van der Waals surface area contributed by atoms with Gasteiger partial charge in [0.1, 0.15) is 6.04 Å². The van der Waals surface area contributed by atoms with E-state index in [0.29, 0.717) is 12.3 Å². The Kier molecular flexibility index (Phi) is 5.29. The second-order valence-corrected chi connectivity index (χ2v) is 9.07. The van der Waals surface area contributed by atoms with E-state index in [-0.39, 0.29) is 18.0 Å². The Morgan fingerprint density at radius 3 is 2.38 bits per heavy atom. The quantitative estimate of drug-likeness (QED) is 0.618. The Morgan fingerprint density at radius 2 is 1.69 bits per heavy atom. The van der Waals surface area contributed by atoms with E-state index in [0.717, 1.165) is 47.7 Å². The van der Waals surface area contributed by atoms with E-state index >= 15 is 0 Å². The van der Waals surface area contributed by atoms with Crippen molar-refractivity contribution in [1.82, 2.24) is 14.5 Å². The Balaban J connectivity index is 1.46. The summed E-state index contributed by atoms with van der Waals surface area (Å²) in [6.07, 6.45) is 2.59. The van der Waals surface area contributed by atoms with E-state index < -0.39 is 11.9 Å². The molecule has 2 amide bonds. The topological polar surface area (TPSA) is 76.3 Å². The lowest BCUT2D eigenvalue weighted by Gasteiger charge is -2.34. The first-order valence-electron chi connectivity index (χ1n) is 11.0. The molecule has 1 atom stereocenters. The van der Waals surface area contributed by atoms with Crippen molar-refractivity contribution in [3.8, 4) is 0 Å². The molecule has 7 nitrogen and oxygen atoms in total. The number of amides is 2. The van der Waals surface area contributed by atoms with Crippen molar-refractivity contribution >= 4 is 40.1 Å². The third-order valence-electron chi connectivity index (χ3n) is 6.78. The highest BCUT2D eigenvalue weighted by atomic mass is 35.5. The van der Waals surface area contributed by atoms with Crippen molar-refractivity contribution < 1.29 is 9.59 Å². The average Bonchev–Trinajstić information content (AvgIpc) is 3.05. The number of carbonyl (C=O) groups is 2. The molecule has 2 saturated heterocycles. The van der Waals surface area contributed by atoms with Crippen LogP contribution in [0.3, 0.4) is 0 Å². The zero-order valence-corrected chi connectivity index (χ0v) is 18.6. The predicted octanol–water partition coefficient (Wildman–Crippen LogP) is 3.36. The maximum atomic E-state index is 13.1. The number of benzene rings is 2. The molecule has 2 aliphatic heterocycles. The molecule has 0 radical (unpaired) electrons. The van der Waals surface area contributed by atoms with Crippen LogP contribution in [0.5, 0.6) is 0 Å². The highest BCUT2D eigenvalue weighted by Crippen LogP contribution is 2.35. The second kappa shape index (κ2) is 8.13. The maximum absolute atomic E-state index is 13.1. The molecule has 8 heteroatoms. The summed E-state index contributed by atoms with van der Waals surface area (Å²) in [6.45, 7) is 1.76. The molecule has 1 unspecified atom stereocenters. The third-order valence-corrected chi connectivity index (χ3v) is 7.03. The molecule has 1 N–H and O–H groups in total. The fourth-order valence-electron chi connectivity index (χ4n) is 5.09. The summed E-state index contributed by atoms with van der Waals surface area (Å²) in [4.78, 5) is 39.5. The summed E-state index contributed by atoms with van der Waals surface area (Å²) in [5, 5.41) is 3.11. The number of aryl methyl sites for hydroxylation is 1. The second-order valence-electron chi connectivity index (χ2n) is 8.64. The molecule has 0 aliphatic carbocycles. The van der Waals surface area contributed by atoms with E-state index in [2.05, 4.69) is 22.3 Å². The number of imidazole rings is 1. The van der Waals surface area contributed by atoms with E-state index in [4.69, 9.17) is 11.6 Å². The minimum Gasteiger partial charge on any atom is -0.370 e. The van der Waals surface area contributed by atoms with Gasteiger partial charge in [-0.3, -0.25) is 24.0 Å². The van der Waals surface area contributed by atoms with Crippen molar-refractivity contribution in [2.24, 2.45) is 7.05 Å². The molecule has 2 fully saturated rings. The molecule has 0 saturated carbocycles. The van der Waals surface area contributed by atoms with Crippen LogP contribution >= 0.6 is 11.6 Å². The number of carbonyl (C=O) groups excluding carboxylic acids is 2. The van der Waals surface area contributed by atoms with Gasteiger partial charge < -0.3 is 4.90 Å². The van der Waals surface area contributed by atoms with Gasteiger partial charge in [0.25, 0.3) is 0 Å². The Labute approximate surface area is 190 Å². The summed E-state index contributed by atoms with van der Waals surface area (Å²) >= 11 is 6.03. The van der Waals surface area contributed by atoms with Gasteiger partial charge >= 0.3 is 5.69 Å². The Morgan fingerprint density at radius 1 is 0.969 bits per heavy atom. The number of piperidine rings is 2. The zero-order chi connectivity index (χ0) is 22.4. The van der Waals surface area contributed by atoms with Gasteiger partial charge in [0.15, 0.2) is 0 Å². The first-order valence-corrected chi connectivity index (χ1v) is 11.4. The van der Waals surface area contributed by atoms with Gasteiger partial charge in [-0.25, -0.2) is 4.79 Å². The van der Waals surface area contributed by atoms with Crippen molar-refractivity contribution in [2.45, 2.75) is 37.6 Å². The van der Waals surface area contributed by atoms with Crippen LogP contribution < -0.4 is 15.9 Å².